The summed E-state index contributed by atoms with van der Waals surface area (Å²) in [6.07, 6.45) is 5.60. The Morgan fingerprint density at radius 2 is 1.84 bits per heavy atom. The third-order valence-corrected chi connectivity index (χ3v) is 13.7. The highest BCUT2D eigenvalue weighted by molar-refractivity contribution is 7.91. The molecule has 1 aromatic carbocycles. The maximum Gasteiger partial charge on any atom is 0.333 e. The number of hydrogen-bond acceptors (Lipinski definition) is 11. The molecule has 1 saturated carbocycles. The highest BCUT2D eigenvalue weighted by Crippen LogP contribution is 2.43. The number of benzene rings is 1. The molecule has 3 aromatic heterocycles. The molecule has 1 N–H and O–H groups in total. The number of hydrogen-bond donors (Lipinski definition) is 1. The number of carbonyl (C=O) groups excluding carboxylic acids is 1. The fraction of sp³-hybridized carbons (Fsp3) is 0.545. The van der Waals surface area contributed by atoms with Crippen LogP contribution in [0.4, 0.5) is 4.39 Å². The molecular formula is C33H39FN6O8S2. The topological polar surface area (TPSA) is 166 Å². The summed E-state index contributed by atoms with van der Waals surface area (Å²) in [5, 5.41) is 9.03. The van der Waals surface area contributed by atoms with Crippen molar-refractivity contribution >= 4 is 37.5 Å². The van der Waals surface area contributed by atoms with Crippen molar-refractivity contribution in [3.63, 3.8) is 0 Å². The molecule has 17 heteroatoms. The summed E-state index contributed by atoms with van der Waals surface area (Å²) in [5.41, 5.74) is -2.83. The monoisotopic (exact) mass is 730 g/mol. The number of aromatic nitrogens is 5. The molecule has 4 atom stereocenters. The van der Waals surface area contributed by atoms with E-state index in [9.17, 15) is 27.2 Å². The van der Waals surface area contributed by atoms with Crippen LogP contribution in [0.3, 0.4) is 0 Å². The van der Waals surface area contributed by atoms with Crippen molar-refractivity contribution in [1.29, 1.82) is 0 Å². The van der Waals surface area contributed by atoms with E-state index < -0.39 is 49.4 Å². The van der Waals surface area contributed by atoms with Crippen LogP contribution < -0.4 is 20.7 Å². The van der Waals surface area contributed by atoms with E-state index in [4.69, 9.17) is 14.2 Å². The van der Waals surface area contributed by atoms with Gasteiger partial charge in [0, 0.05) is 11.1 Å². The smallest absolute Gasteiger partial charge is 0.333 e. The number of carbonyl (C=O) groups is 1. The summed E-state index contributed by atoms with van der Waals surface area (Å²) >= 11 is 1.10. The number of thiophene rings is 1. The number of ether oxygens (including phenoxy) is 3. The summed E-state index contributed by atoms with van der Waals surface area (Å²) in [6, 6.07) is 4.05. The zero-order valence-electron chi connectivity index (χ0n) is 28.3. The van der Waals surface area contributed by atoms with Crippen LogP contribution in [-0.4, -0.2) is 68.6 Å². The van der Waals surface area contributed by atoms with Gasteiger partial charge in [0.25, 0.3) is 11.5 Å². The molecule has 2 bridgehead atoms. The van der Waals surface area contributed by atoms with Crippen LogP contribution in [0, 0.1) is 12.7 Å². The molecule has 268 valence electrons. The number of rotatable bonds is 11. The summed E-state index contributed by atoms with van der Waals surface area (Å²) in [6.45, 7) is 5.66. The van der Waals surface area contributed by atoms with Gasteiger partial charge in [-0.1, -0.05) is 11.3 Å². The average molecular weight is 731 g/mol. The number of nitrogens with one attached hydrogen (secondary N) is 1. The van der Waals surface area contributed by atoms with Gasteiger partial charge in [-0.3, -0.25) is 18.9 Å². The van der Waals surface area contributed by atoms with Crippen LogP contribution in [0.5, 0.6) is 5.75 Å². The molecule has 5 heterocycles. The Labute approximate surface area is 291 Å². The van der Waals surface area contributed by atoms with E-state index in [1.54, 1.807) is 6.92 Å². The van der Waals surface area contributed by atoms with Crippen molar-refractivity contribution in [2.75, 3.05) is 7.11 Å². The molecule has 3 fully saturated rings. The van der Waals surface area contributed by atoms with Crippen molar-refractivity contribution in [3.8, 4) is 10.8 Å². The standard InChI is InChI=1S/C33H39FN6O8S2/c1-18-26-27(41)39(32(2,3)30(42)37-50(44,45)33(4)10-11-33)31(43)38(29(26)49-28(18)40-35-12-13-36-40)17-25(23-14-19(34)6-9-24(23)46-5)48-22-15-20-7-8-21(16-22)47-20/h6,9,12-14,20-22,25H,7-8,10-11,15-17H2,1-5H3,(H,37,42)/t20-,21+,22?,25-/m0/s1. The largest absolute Gasteiger partial charge is 0.496 e. The number of fused-ring (bicyclic) bond motifs is 3. The predicted molar refractivity (Wildman–Crippen MR) is 182 cm³/mol. The van der Waals surface area contributed by atoms with E-state index in [1.165, 1.54) is 67.8 Å². The Hall–Kier alpha value is -3.93. The van der Waals surface area contributed by atoms with Gasteiger partial charge in [-0.2, -0.15) is 10.2 Å². The summed E-state index contributed by atoms with van der Waals surface area (Å²) in [4.78, 5) is 44.5. The number of sulfonamides is 1. The fourth-order valence-corrected chi connectivity index (χ4v) is 9.51. The zero-order chi connectivity index (χ0) is 35.7. The van der Waals surface area contributed by atoms with E-state index in [2.05, 4.69) is 14.9 Å². The second-order valence-electron chi connectivity index (χ2n) is 14.1. The quantitative estimate of drug-likeness (QED) is 0.242. The van der Waals surface area contributed by atoms with Crippen molar-refractivity contribution < 1.29 is 31.8 Å². The highest BCUT2D eigenvalue weighted by Gasteiger charge is 2.52. The van der Waals surface area contributed by atoms with Crippen molar-refractivity contribution in [3.05, 3.63) is 68.4 Å². The molecule has 14 nitrogen and oxygen atoms in total. The van der Waals surface area contributed by atoms with E-state index >= 15 is 0 Å². The van der Waals surface area contributed by atoms with Crippen LogP contribution >= 0.6 is 11.3 Å². The third kappa shape index (κ3) is 5.86. The van der Waals surface area contributed by atoms with Crippen LogP contribution in [-0.2, 0) is 36.4 Å². The Morgan fingerprint density at radius 1 is 1.18 bits per heavy atom. The lowest BCUT2D eigenvalue weighted by molar-refractivity contribution is -0.126. The van der Waals surface area contributed by atoms with E-state index in [0.717, 1.165) is 28.7 Å². The van der Waals surface area contributed by atoms with Gasteiger partial charge in [0.1, 0.15) is 33.0 Å². The predicted octanol–water partition coefficient (Wildman–Crippen LogP) is 3.46. The number of methoxy groups -OCH3 is 1. The zero-order valence-corrected chi connectivity index (χ0v) is 30.0. The van der Waals surface area contributed by atoms with Gasteiger partial charge in [-0.05, 0) is 84.4 Å². The minimum Gasteiger partial charge on any atom is -0.496 e. The Bertz CT molecular complexity index is 2190. The van der Waals surface area contributed by atoms with Crippen LogP contribution in [0.25, 0.3) is 15.2 Å². The molecule has 1 unspecified atom stereocenters. The maximum absolute atomic E-state index is 14.9. The highest BCUT2D eigenvalue weighted by atomic mass is 32.2. The first kappa shape index (κ1) is 34.5. The van der Waals surface area contributed by atoms with Crippen molar-refractivity contribution in [1.82, 2.24) is 28.9 Å². The van der Waals surface area contributed by atoms with Gasteiger partial charge in [-0.15, -0.1) is 4.80 Å². The minimum atomic E-state index is -4.10. The molecular weight excluding hydrogens is 692 g/mol. The molecule has 0 spiro atoms. The second-order valence-corrected chi connectivity index (χ2v) is 17.2. The van der Waals surface area contributed by atoms with Gasteiger partial charge in [0.2, 0.25) is 10.0 Å². The summed E-state index contributed by atoms with van der Waals surface area (Å²) < 4.78 is 62.5. The van der Waals surface area contributed by atoms with Crippen LogP contribution in [0.2, 0.25) is 0 Å². The number of nitrogens with zero attached hydrogens (tertiary/aromatic N) is 5. The number of amides is 1. The molecule has 3 aliphatic rings. The van der Waals surface area contributed by atoms with E-state index in [0.29, 0.717) is 47.6 Å². The van der Waals surface area contributed by atoms with Gasteiger partial charge in [0.15, 0.2) is 0 Å². The summed E-state index contributed by atoms with van der Waals surface area (Å²) in [7, 11) is -2.64. The van der Waals surface area contributed by atoms with Gasteiger partial charge < -0.3 is 14.2 Å². The normalized spacial score (nSPS) is 22.1. The van der Waals surface area contributed by atoms with E-state index in [-0.39, 0.29) is 35.1 Å². The first-order chi connectivity index (χ1) is 23.6. The van der Waals surface area contributed by atoms with E-state index in [1.807, 2.05) is 0 Å². The lowest BCUT2D eigenvalue weighted by atomic mass is 10.0. The number of aryl methyl sites for hydroxylation is 1. The van der Waals surface area contributed by atoms with Crippen LogP contribution in [0.15, 0.2) is 40.2 Å². The summed E-state index contributed by atoms with van der Waals surface area (Å²) in [5.74, 6) is -1.23. The van der Waals surface area contributed by atoms with Gasteiger partial charge in [0.05, 0.1) is 54.5 Å². The second kappa shape index (κ2) is 12.4. The molecule has 7 rings (SSSR count). The first-order valence-corrected chi connectivity index (χ1v) is 18.8. The molecule has 1 aliphatic carbocycles. The third-order valence-electron chi connectivity index (χ3n) is 10.2. The Kier molecular flexibility index (Phi) is 8.55. The maximum atomic E-state index is 14.9. The SMILES string of the molecule is COc1ccc(F)cc1[C@H](Cn1c(=O)n(C(C)(C)C(=O)NS(=O)(=O)C2(C)CC2)c(=O)c2c(C)c(-n3nccn3)sc21)OC1C[C@H]2CC[C@@H](C1)O2. The molecule has 4 aromatic rings. The average Bonchev–Trinajstić information content (AvgIpc) is 3.35. The van der Waals surface area contributed by atoms with Crippen molar-refractivity contribution in [2.45, 2.75) is 107 Å². The lowest BCUT2D eigenvalue weighted by Crippen LogP contribution is -2.57. The van der Waals surface area contributed by atoms with Gasteiger partial charge >= 0.3 is 5.69 Å². The lowest BCUT2D eigenvalue weighted by Gasteiger charge is -2.33. The van der Waals surface area contributed by atoms with Crippen LogP contribution in [0.1, 0.15) is 76.5 Å². The number of halogens is 1. The fourth-order valence-electron chi connectivity index (χ4n) is 6.91. The molecule has 0 radical (unpaired) electrons. The molecule has 2 aliphatic heterocycles. The Balaban J connectivity index is 1.40. The van der Waals surface area contributed by atoms with Crippen molar-refractivity contribution in [2.24, 2.45) is 0 Å². The Morgan fingerprint density at radius 3 is 2.46 bits per heavy atom. The first-order valence-electron chi connectivity index (χ1n) is 16.5. The molecule has 2 saturated heterocycles. The minimum absolute atomic E-state index is 0.0303. The molecule has 50 heavy (non-hydrogen) atoms. The molecule has 1 amide bonds. The van der Waals surface area contributed by atoms with Gasteiger partial charge in [-0.25, -0.2) is 22.2 Å².